The van der Waals surface area contributed by atoms with Crippen molar-refractivity contribution < 1.29 is 9.53 Å². The number of hydrogen-bond acceptors (Lipinski definition) is 3. The molecule has 0 bridgehead atoms. The molecule has 2 aromatic carbocycles. The van der Waals surface area contributed by atoms with Crippen molar-refractivity contribution in [1.82, 2.24) is 9.97 Å². The van der Waals surface area contributed by atoms with Gasteiger partial charge < -0.3 is 20.0 Å². The van der Waals surface area contributed by atoms with Gasteiger partial charge in [-0.3, -0.25) is 4.79 Å². The van der Waals surface area contributed by atoms with Gasteiger partial charge in [0.1, 0.15) is 5.75 Å². The SMILES string of the molecule is CC(C)Oc1ccc(NC(=O)Cc2ccc3[nH]c(=O)[nH]c3c2)cc1. The molecule has 0 aliphatic carbocycles. The highest BCUT2D eigenvalue weighted by Gasteiger charge is 2.07. The molecule has 1 heterocycles. The lowest BCUT2D eigenvalue weighted by molar-refractivity contribution is -0.115. The third-order valence-corrected chi connectivity index (χ3v) is 3.45. The molecule has 0 spiro atoms. The summed E-state index contributed by atoms with van der Waals surface area (Å²) in [4.78, 5) is 28.8. The molecule has 0 atom stereocenters. The molecule has 6 nitrogen and oxygen atoms in total. The summed E-state index contributed by atoms with van der Waals surface area (Å²) < 4.78 is 5.57. The molecule has 0 radical (unpaired) electrons. The zero-order valence-corrected chi connectivity index (χ0v) is 13.6. The van der Waals surface area contributed by atoms with Gasteiger partial charge >= 0.3 is 5.69 Å². The van der Waals surface area contributed by atoms with Crippen LogP contribution in [0.5, 0.6) is 5.75 Å². The van der Waals surface area contributed by atoms with Gasteiger partial charge in [-0.05, 0) is 55.8 Å². The smallest absolute Gasteiger partial charge is 0.323 e. The molecule has 0 saturated carbocycles. The largest absolute Gasteiger partial charge is 0.491 e. The minimum atomic E-state index is -0.254. The number of carbonyl (C=O) groups is 1. The Labute approximate surface area is 138 Å². The van der Waals surface area contributed by atoms with E-state index in [9.17, 15) is 9.59 Å². The Bertz CT molecular complexity index is 907. The second-order valence-corrected chi connectivity index (χ2v) is 5.87. The second-order valence-electron chi connectivity index (χ2n) is 5.87. The van der Waals surface area contributed by atoms with Crippen LogP contribution in [0.1, 0.15) is 19.4 Å². The topological polar surface area (TPSA) is 87.0 Å². The summed E-state index contributed by atoms with van der Waals surface area (Å²) in [5.41, 5.74) is 2.71. The van der Waals surface area contributed by atoms with E-state index in [1.165, 1.54) is 0 Å². The van der Waals surface area contributed by atoms with Crippen molar-refractivity contribution in [3.63, 3.8) is 0 Å². The van der Waals surface area contributed by atoms with E-state index in [2.05, 4.69) is 15.3 Å². The number of carbonyl (C=O) groups excluding carboxylic acids is 1. The Balaban J connectivity index is 1.64. The van der Waals surface area contributed by atoms with Crippen molar-refractivity contribution in [3.05, 3.63) is 58.5 Å². The van der Waals surface area contributed by atoms with Crippen LogP contribution >= 0.6 is 0 Å². The van der Waals surface area contributed by atoms with Gasteiger partial charge in [-0.1, -0.05) is 6.07 Å². The molecule has 0 aliphatic rings. The zero-order chi connectivity index (χ0) is 17.1. The Morgan fingerprint density at radius 1 is 1.08 bits per heavy atom. The lowest BCUT2D eigenvalue weighted by Crippen LogP contribution is -2.14. The van der Waals surface area contributed by atoms with E-state index in [1.54, 1.807) is 12.1 Å². The van der Waals surface area contributed by atoms with E-state index >= 15 is 0 Å². The predicted octanol–water partition coefficient (Wildman–Crippen LogP) is 2.82. The van der Waals surface area contributed by atoms with E-state index in [1.807, 2.05) is 44.2 Å². The first-order valence-electron chi connectivity index (χ1n) is 7.77. The minimum absolute atomic E-state index is 0.111. The van der Waals surface area contributed by atoms with E-state index in [4.69, 9.17) is 4.74 Å². The molecule has 1 aromatic heterocycles. The van der Waals surface area contributed by atoms with Gasteiger partial charge in [0.15, 0.2) is 0 Å². The first-order chi connectivity index (χ1) is 11.5. The maximum atomic E-state index is 12.2. The van der Waals surface area contributed by atoms with Crippen LogP contribution in [0.15, 0.2) is 47.3 Å². The number of amides is 1. The molecule has 6 heteroatoms. The van der Waals surface area contributed by atoms with Gasteiger partial charge in [0.25, 0.3) is 0 Å². The Hall–Kier alpha value is -3.02. The molecule has 3 N–H and O–H groups in total. The highest BCUT2D eigenvalue weighted by atomic mass is 16.5. The number of imidazole rings is 1. The van der Waals surface area contributed by atoms with Gasteiger partial charge in [0, 0.05) is 5.69 Å². The molecule has 0 aliphatic heterocycles. The van der Waals surface area contributed by atoms with Crippen molar-refractivity contribution >= 4 is 22.6 Å². The predicted molar refractivity (Wildman–Crippen MR) is 93.5 cm³/mol. The van der Waals surface area contributed by atoms with E-state index < -0.39 is 0 Å². The van der Waals surface area contributed by atoms with Crippen molar-refractivity contribution in [1.29, 1.82) is 0 Å². The minimum Gasteiger partial charge on any atom is -0.491 e. The number of aromatic amines is 2. The first kappa shape index (κ1) is 15.9. The number of fused-ring (bicyclic) bond motifs is 1. The summed E-state index contributed by atoms with van der Waals surface area (Å²) in [7, 11) is 0. The standard InChI is InChI=1S/C18H19N3O3/c1-11(2)24-14-6-4-13(5-7-14)19-17(22)10-12-3-8-15-16(9-12)21-18(23)20-15/h3-9,11H,10H2,1-2H3,(H,19,22)(H2,20,21,23). The van der Waals surface area contributed by atoms with Crippen molar-refractivity contribution in [3.8, 4) is 5.75 Å². The summed E-state index contributed by atoms with van der Waals surface area (Å²) in [6.45, 7) is 3.93. The zero-order valence-electron chi connectivity index (χ0n) is 13.6. The molecule has 1 amide bonds. The molecule has 24 heavy (non-hydrogen) atoms. The summed E-state index contributed by atoms with van der Waals surface area (Å²) in [6, 6.07) is 12.7. The number of rotatable bonds is 5. The summed E-state index contributed by atoms with van der Waals surface area (Å²) in [5.74, 6) is 0.648. The fourth-order valence-corrected chi connectivity index (χ4v) is 2.47. The summed E-state index contributed by atoms with van der Waals surface area (Å²) in [5, 5.41) is 2.85. The Morgan fingerprint density at radius 3 is 2.50 bits per heavy atom. The lowest BCUT2D eigenvalue weighted by atomic mass is 10.1. The van der Waals surface area contributed by atoms with Crippen LogP contribution in [0.3, 0.4) is 0 Å². The van der Waals surface area contributed by atoms with Crippen LogP contribution in [0.2, 0.25) is 0 Å². The van der Waals surface area contributed by atoms with Crippen LogP contribution in [0, 0.1) is 0 Å². The second kappa shape index (κ2) is 6.62. The first-order valence-corrected chi connectivity index (χ1v) is 7.77. The summed E-state index contributed by atoms with van der Waals surface area (Å²) in [6.07, 6.45) is 0.341. The van der Waals surface area contributed by atoms with E-state index in [0.717, 1.165) is 16.8 Å². The van der Waals surface area contributed by atoms with Crippen LogP contribution in [0.25, 0.3) is 11.0 Å². The lowest BCUT2D eigenvalue weighted by Gasteiger charge is -2.10. The fraction of sp³-hybridized carbons (Fsp3) is 0.222. The molecule has 124 valence electrons. The van der Waals surface area contributed by atoms with Crippen molar-refractivity contribution in [2.75, 3.05) is 5.32 Å². The number of H-pyrrole nitrogens is 2. The van der Waals surface area contributed by atoms with Crippen LogP contribution in [0.4, 0.5) is 5.69 Å². The highest BCUT2D eigenvalue weighted by molar-refractivity contribution is 5.92. The average molecular weight is 325 g/mol. The van der Waals surface area contributed by atoms with Gasteiger partial charge in [-0.15, -0.1) is 0 Å². The van der Waals surface area contributed by atoms with Crippen molar-refractivity contribution in [2.45, 2.75) is 26.4 Å². The van der Waals surface area contributed by atoms with Crippen LogP contribution in [-0.2, 0) is 11.2 Å². The quantitative estimate of drug-likeness (QED) is 0.674. The maximum Gasteiger partial charge on any atom is 0.323 e. The van der Waals surface area contributed by atoms with E-state index in [-0.39, 0.29) is 24.1 Å². The average Bonchev–Trinajstić information content (AvgIpc) is 2.88. The fourth-order valence-electron chi connectivity index (χ4n) is 2.47. The Morgan fingerprint density at radius 2 is 1.79 bits per heavy atom. The van der Waals surface area contributed by atoms with Crippen molar-refractivity contribution in [2.24, 2.45) is 0 Å². The molecule has 3 aromatic rings. The highest BCUT2D eigenvalue weighted by Crippen LogP contribution is 2.17. The Kier molecular flexibility index (Phi) is 4.37. The van der Waals surface area contributed by atoms with Gasteiger partial charge in [0.05, 0.1) is 23.6 Å². The number of anilines is 1. The van der Waals surface area contributed by atoms with Crippen LogP contribution < -0.4 is 15.7 Å². The van der Waals surface area contributed by atoms with E-state index in [0.29, 0.717) is 11.2 Å². The maximum absolute atomic E-state index is 12.2. The summed E-state index contributed by atoms with van der Waals surface area (Å²) >= 11 is 0. The molecule has 0 saturated heterocycles. The number of ether oxygens (including phenoxy) is 1. The number of aromatic nitrogens is 2. The van der Waals surface area contributed by atoms with Gasteiger partial charge in [-0.2, -0.15) is 0 Å². The number of benzene rings is 2. The number of hydrogen-bond donors (Lipinski definition) is 3. The molecule has 3 rings (SSSR count). The van der Waals surface area contributed by atoms with Gasteiger partial charge in [-0.25, -0.2) is 4.79 Å². The third kappa shape index (κ3) is 3.84. The monoisotopic (exact) mass is 325 g/mol. The molecular weight excluding hydrogens is 306 g/mol. The molecule has 0 fully saturated rings. The molecule has 0 unspecified atom stereocenters. The van der Waals surface area contributed by atoms with Gasteiger partial charge in [0.2, 0.25) is 5.91 Å². The number of nitrogens with one attached hydrogen (secondary N) is 3. The van der Waals surface area contributed by atoms with Crippen LogP contribution in [-0.4, -0.2) is 22.0 Å². The normalized spacial score (nSPS) is 11.0. The molecular formula is C18H19N3O3. The third-order valence-electron chi connectivity index (χ3n) is 3.45.